The minimum absolute atomic E-state index is 0.0321. The van der Waals surface area contributed by atoms with Crippen LogP contribution in [0.5, 0.6) is 0 Å². The Bertz CT molecular complexity index is 1550. The van der Waals surface area contributed by atoms with E-state index < -0.39 is 103 Å². The summed E-state index contributed by atoms with van der Waals surface area (Å²) in [7, 11) is 1.04. The first-order valence-corrected chi connectivity index (χ1v) is 18.3. The molecule has 1 aromatic carbocycles. The van der Waals surface area contributed by atoms with Crippen molar-refractivity contribution in [3.8, 4) is 12.3 Å². The topological polar surface area (TPSA) is 228 Å². The van der Waals surface area contributed by atoms with Crippen LogP contribution in [-0.4, -0.2) is 122 Å². The van der Waals surface area contributed by atoms with Gasteiger partial charge in [0.15, 0.2) is 24.4 Å². The van der Waals surface area contributed by atoms with Gasteiger partial charge < -0.3 is 48.9 Å². The van der Waals surface area contributed by atoms with Crippen molar-refractivity contribution in [2.24, 2.45) is 0 Å². The predicted octanol–water partition coefficient (Wildman–Crippen LogP) is 1.50. The van der Waals surface area contributed by atoms with Crippen LogP contribution in [0.15, 0.2) is 24.3 Å². The summed E-state index contributed by atoms with van der Waals surface area (Å²) < 4.78 is 38.5. The Morgan fingerprint density at radius 3 is 2.20 bits per heavy atom. The molecule has 1 aromatic rings. The van der Waals surface area contributed by atoms with Crippen molar-refractivity contribution >= 4 is 53.3 Å². The number of ether oxygens (including phenoxy) is 7. The first-order valence-electron chi connectivity index (χ1n) is 17.9. The minimum atomic E-state index is -2.32. The molecule has 18 heteroatoms. The fourth-order valence-electron chi connectivity index (χ4n) is 6.13. The van der Waals surface area contributed by atoms with Crippen LogP contribution in [0.3, 0.4) is 0 Å². The van der Waals surface area contributed by atoms with Crippen LogP contribution in [0.25, 0.3) is 0 Å². The number of benzene rings is 1. The first-order chi connectivity index (χ1) is 26.5. The van der Waals surface area contributed by atoms with E-state index in [9.17, 15) is 38.7 Å². The van der Waals surface area contributed by atoms with Gasteiger partial charge in [0, 0.05) is 45.7 Å². The normalized spacial score (nSPS) is 20.5. The number of hydrogen-bond acceptors (Lipinski definition) is 15. The van der Waals surface area contributed by atoms with Gasteiger partial charge in [-0.05, 0) is 30.5 Å². The van der Waals surface area contributed by atoms with Gasteiger partial charge in [-0.25, -0.2) is 4.79 Å². The lowest BCUT2D eigenvalue weighted by atomic mass is 9.79. The number of aliphatic hydroxyl groups is 1. The molecule has 0 saturated carbocycles. The summed E-state index contributed by atoms with van der Waals surface area (Å²) in [6, 6.07) is 4.95. The van der Waals surface area contributed by atoms with E-state index in [1.54, 1.807) is 24.3 Å². The average molecular weight is 811 g/mol. The molecule has 2 amide bonds. The molecule has 1 aliphatic rings. The van der Waals surface area contributed by atoms with Crippen LogP contribution in [-0.2, 0) is 73.1 Å². The molecule has 1 saturated heterocycles. The summed E-state index contributed by atoms with van der Waals surface area (Å²) in [4.78, 5) is 89.3. The summed E-state index contributed by atoms with van der Waals surface area (Å²) in [5, 5.41) is 17.4. The number of rotatable bonds is 22. The molecule has 0 aliphatic carbocycles. The van der Waals surface area contributed by atoms with Crippen molar-refractivity contribution in [2.45, 2.75) is 115 Å². The number of halogens is 1. The summed E-state index contributed by atoms with van der Waals surface area (Å²) in [5.41, 5.74) is -1.72. The second kappa shape index (κ2) is 24.0. The Balaban J connectivity index is 2.63. The number of methoxy groups -OCH3 is 1. The van der Waals surface area contributed by atoms with Gasteiger partial charge in [0.2, 0.25) is 5.91 Å². The molecule has 7 atom stereocenters. The van der Waals surface area contributed by atoms with Gasteiger partial charge >= 0.3 is 29.8 Å². The number of aliphatic hydroxyl groups excluding tert-OH is 1. The Morgan fingerprint density at radius 2 is 1.61 bits per heavy atom. The van der Waals surface area contributed by atoms with E-state index in [1.807, 2.05) is 0 Å². The molecule has 56 heavy (non-hydrogen) atoms. The van der Waals surface area contributed by atoms with E-state index in [4.69, 9.17) is 51.2 Å². The maximum atomic E-state index is 13.8. The highest BCUT2D eigenvalue weighted by Gasteiger charge is 2.61. The molecule has 0 bridgehead atoms. The van der Waals surface area contributed by atoms with E-state index in [1.165, 1.54) is 0 Å². The van der Waals surface area contributed by atoms with Crippen molar-refractivity contribution in [1.82, 2.24) is 10.6 Å². The monoisotopic (exact) mass is 810 g/mol. The quantitative estimate of drug-likeness (QED) is 0.0653. The zero-order chi connectivity index (χ0) is 41.8. The van der Waals surface area contributed by atoms with E-state index in [0.29, 0.717) is 42.9 Å². The number of hydrogen-bond donors (Lipinski definition) is 3. The largest absolute Gasteiger partial charge is 0.467 e. The van der Waals surface area contributed by atoms with Crippen LogP contribution < -0.4 is 10.6 Å². The maximum absolute atomic E-state index is 13.8. The molecule has 0 radical (unpaired) electrons. The van der Waals surface area contributed by atoms with E-state index >= 15 is 0 Å². The number of esters is 5. The van der Waals surface area contributed by atoms with Crippen LogP contribution >= 0.6 is 11.6 Å². The summed E-state index contributed by atoms with van der Waals surface area (Å²) in [6.45, 7) is 3.54. The second-order valence-electron chi connectivity index (χ2n) is 13.0. The number of carbonyl (C=O) groups is 7. The van der Waals surface area contributed by atoms with Crippen LogP contribution in [0, 0.1) is 12.3 Å². The van der Waals surface area contributed by atoms with Gasteiger partial charge in [0.25, 0.3) is 5.91 Å². The second-order valence-corrected chi connectivity index (χ2v) is 13.4. The smallest absolute Gasteiger partial charge is 0.341 e. The molecule has 1 unspecified atom stereocenters. The van der Waals surface area contributed by atoms with Crippen molar-refractivity contribution < 1.29 is 71.8 Å². The Hall–Kier alpha value is -4.76. The third kappa shape index (κ3) is 15.8. The van der Waals surface area contributed by atoms with Crippen molar-refractivity contribution in [3.63, 3.8) is 0 Å². The molecule has 0 aromatic heterocycles. The first kappa shape index (κ1) is 47.4. The molecule has 3 N–H and O–H groups in total. The lowest BCUT2D eigenvalue weighted by molar-refractivity contribution is -0.259. The molecular weight excluding hydrogens is 760 g/mol. The number of nitrogens with one attached hydrogen (secondary N) is 2. The Labute approximate surface area is 330 Å². The summed E-state index contributed by atoms with van der Waals surface area (Å²) in [5.74, 6) is -3.67. The van der Waals surface area contributed by atoms with Gasteiger partial charge in [0.05, 0.1) is 32.2 Å². The highest BCUT2D eigenvalue weighted by atomic mass is 35.5. The van der Waals surface area contributed by atoms with Crippen molar-refractivity contribution in [2.75, 3.05) is 33.5 Å². The van der Waals surface area contributed by atoms with Gasteiger partial charge in [-0.2, -0.15) is 0 Å². The average Bonchev–Trinajstić information content (AvgIpc) is 3.13. The highest BCUT2D eigenvalue weighted by Crippen LogP contribution is 2.39. The lowest BCUT2D eigenvalue weighted by Crippen LogP contribution is -2.71. The van der Waals surface area contributed by atoms with Gasteiger partial charge in [0.1, 0.15) is 18.8 Å². The van der Waals surface area contributed by atoms with Crippen molar-refractivity contribution in [3.05, 3.63) is 34.9 Å². The number of terminal acetylenes is 1. The minimum Gasteiger partial charge on any atom is -0.467 e. The number of carbonyl (C=O) groups excluding carboxylic acids is 7. The summed E-state index contributed by atoms with van der Waals surface area (Å²) in [6.07, 6.45) is -1.39. The number of unbranched alkanes of at least 4 members (excludes halogenated alkanes) is 3. The lowest BCUT2D eigenvalue weighted by Gasteiger charge is -2.50. The van der Waals surface area contributed by atoms with Crippen LogP contribution in [0.2, 0.25) is 5.02 Å². The molecule has 17 nitrogen and oxygen atoms in total. The molecule has 0 spiro atoms. The fraction of sp³-hybridized carbons (Fsp3) is 0.605. The third-order valence-electron chi connectivity index (χ3n) is 8.52. The maximum Gasteiger partial charge on any atom is 0.341 e. The van der Waals surface area contributed by atoms with Crippen molar-refractivity contribution in [1.29, 1.82) is 0 Å². The van der Waals surface area contributed by atoms with E-state index in [0.717, 1.165) is 34.8 Å². The van der Waals surface area contributed by atoms with Crippen LogP contribution in [0.4, 0.5) is 0 Å². The molecular formula is C38H51ClN2O15. The summed E-state index contributed by atoms with van der Waals surface area (Å²) >= 11 is 5.96. The SMILES string of the molecule is C#CCOCCCCCCC(O)[C@]1(C(=O)OC)C[C@H](OC(C)=O)[C@@H](NC(=O)COC(C)=O)[C@H]([C@H](OC(C)=O)[C@@H](CNC(=O)Cc2ccc(Cl)cc2)OC(C)=O)O1. The van der Waals surface area contributed by atoms with E-state index in [2.05, 4.69) is 16.6 Å². The molecule has 310 valence electrons. The highest BCUT2D eigenvalue weighted by molar-refractivity contribution is 6.30. The zero-order valence-corrected chi connectivity index (χ0v) is 32.9. The molecule has 1 aliphatic heterocycles. The van der Waals surface area contributed by atoms with Gasteiger partial charge in [-0.1, -0.05) is 48.9 Å². The Morgan fingerprint density at radius 1 is 0.946 bits per heavy atom. The standard InChI is InChI=1S/C38H51ClN2O15/c1-7-17-51-18-11-9-8-10-12-31(46)38(37(49)50-6)20-29(53-24(3)43)34(41-33(48)22-52-23(2)42)36(56-38)35(55-26(5)45)30(54-25(4)44)21-40-32(47)19-27-13-15-28(39)16-14-27/h1,13-16,29-31,34-36,46H,8-12,17-22H2,2-6H3,(H,40,47)(H,41,48)/t29-,30+,31?,34+,35+,36+,38-/m0/s1. The molecule has 2 rings (SSSR count). The predicted molar refractivity (Wildman–Crippen MR) is 196 cm³/mol. The van der Waals surface area contributed by atoms with Crippen LogP contribution in [0.1, 0.15) is 71.8 Å². The van der Waals surface area contributed by atoms with Gasteiger partial charge in [-0.15, -0.1) is 6.42 Å². The molecule has 1 fully saturated rings. The third-order valence-corrected chi connectivity index (χ3v) is 8.77. The van der Waals surface area contributed by atoms with E-state index in [-0.39, 0.29) is 19.4 Å². The fourth-order valence-corrected chi connectivity index (χ4v) is 6.26. The molecule has 1 heterocycles. The number of amides is 2. The van der Waals surface area contributed by atoms with Gasteiger partial charge in [-0.3, -0.25) is 28.8 Å². The zero-order valence-electron chi connectivity index (χ0n) is 32.2. The Kier molecular flexibility index (Phi) is 20.3.